The molecular weight excluding hydrogens is 270 g/mol. The molecule has 1 aliphatic heterocycles. The summed E-state index contributed by atoms with van der Waals surface area (Å²) in [4.78, 5) is 0. The minimum Gasteiger partial charge on any atom is -0.316 e. The molecule has 3 nitrogen and oxygen atoms in total. The van der Waals surface area contributed by atoms with E-state index in [1.165, 1.54) is 24.1 Å². The Hall–Kier alpha value is -1.32. The predicted octanol–water partition coefficient (Wildman–Crippen LogP) is 3.61. The van der Waals surface area contributed by atoms with Crippen LogP contribution in [0.5, 0.6) is 0 Å². The van der Waals surface area contributed by atoms with E-state index in [0.717, 1.165) is 29.5 Å². The smallest absolute Gasteiger partial charge is 0.0835 e. The van der Waals surface area contributed by atoms with Crippen LogP contribution in [0.4, 0.5) is 0 Å². The predicted molar refractivity (Wildman–Crippen MR) is 82.9 cm³/mol. The fourth-order valence-electron chi connectivity index (χ4n) is 3.20. The van der Waals surface area contributed by atoms with Gasteiger partial charge in [-0.25, -0.2) is 4.68 Å². The van der Waals surface area contributed by atoms with Crippen LogP contribution in [0.1, 0.15) is 35.7 Å². The molecular formula is C16H20ClN3. The van der Waals surface area contributed by atoms with Crippen molar-refractivity contribution in [1.29, 1.82) is 0 Å². The molecule has 3 rings (SSSR count). The van der Waals surface area contributed by atoms with Crippen LogP contribution in [-0.2, 0) is 0 Å². The summed E-state index contributed by atoms with van der Waals surface area (Å²) in [6.07, 6.45) is 2.48. The highest BCUT2D eigenvalue weighted by molar-refractivity contribution is 6.32. The van der Waals surface area contributed by atoms with E-state index in [2.05, 4.69) is 19.2 Å². The second-order valence-corrected chi connectivity index (χ2v) is 5.90. The highest BCUT2D eigenvalue weighted by atomic mass is 35.5. The van der Waals surface area contributed by atoms with Crippen molar-refractivity contribution in [3.8, 4) is 5.69 Å². The summed E-state index contributed by atoms with van der Waals surface area (Å²) in [5, 5.41) is 8.95. The maximum atomic E-state index is 6.30. The Morgan fingerprint density at radius 3 is 2.80 bits per heavy atom. The number of hydrogen-bond donors (Lipinski definition) is 1. The Morgan fingerprint density at radius 1 is 1.30 bits per heavy atom. The van der Waals surface area contributed by atoms with E-state index >= 15 is 0 Å². The lowest BCUT2D eigenvalue weighted by molar-refractivity contribution is 0.459. The third-order valence-corrected chi connectivity index (χ3v) is 4.45. The number of para-hydroxylation sites is 1. The minimum atomic E-state index is 0.569. The fourth-order valence-corrected chi connectivity index (χ4v) is 3.42. The number of benzene rings is 1. The quantitative estimate of drug-likeness (QED) is 0.915. The van der Waals surface area contributed by atoms with Gasteiger partial charge in [-0.2, -0.15) is 5.10 Å². The molecule has 20 heavy (non-hydrogen) atoms. The zero-order chi connectivity index (χ0) is 14.1. The molecule has 1 atom stereocenters. The second kappa shape index (κ2) is 5.58. The molecule has 1 aromatic carbocycles. The first-order valence-corrected chi connectivity index (χ1v) is 7.58. The fraction of sp³-hybridized carbons (Fsp3) is 0.438. The van der Waals surface area contributed by atoms with E-state index in [4.69, 9.17) is 16.7 Å². The molecule has 2 heterocycles. The molecule has 2 aromatic rings. The Kier molecular flexibility index (Phi) is 3.81. The summed E-state index contributed by atoms with van der Waals surface area (Å²) in [5.41, 5.74) is 4.68. The number of hydrogen-bond acceptors (Lipinski definition) is 2. The average molecular weight is 290 g/mol. The molecule has 106 valence electrons. The molecule has 0 spiro atoms. The van der Waals surface area contributed by atoms with Gasteiger partial charge in [0.2, 0.25) is 0 Å². The van der Waals surface area contributed by atoms with Crippen LogP contribution in [-0.4, -0.2) is 22.9 Å². The topological polar surface area (TPSA) is 29.9 Å². The molecule has 1 aliphatic rings. The first kappa shape index (κ1) is 13.7. The molecule has 4 heteroatoms. The van der Waals surface area contributed by atoms with E-state index in [9.17, 15) is 0 Å². The Morgan fingerprint density at radius 2 is 2.10 bits per heavy atom. The zero-order valence-corrected chi connectivity index (χ0v) is 12.7. The van der Waals surface area contributed by atoms with Crippen molar-refractivity contribution in [1.82, 2.24) is 15.1 Å². The van der Waals surface area contributed by atoms with Crippen molar-refractivity contribution in [3.05, 3.63) is 46.2 Å². The summed E-state index contributed by atoms with van der Waals surface area (Å²) in [5.74, 6) is 0.569. The molecule has 1 fully saturated rings. The van der Waals surface area contributed by atoms with Gasteiger partial charge in [0.05, 0.1) is 16.4 Å². The van der Waals surface area contributed by atoms with Crippen LogP contribution in [0.2, 0.25) is 5.02 Å². The normalized spacial score (nSPS) is 19.2. The van der Waals surface area contributed by atoms with Gasteiger partial charge in [-0.05, 0) is 45.4 Å². The van der Waals surface area contributed by atoms with Gasteiger partial charge in [0.25, 0.3) is 0 Å². The van der Waals surface area contributed by atoms with Gasteiger partial charge in [0, 0.05) is 23.7 Å². The number of aryl methyl sites for hydroxylation is 1. The number of piperidine rings is 1. The molecule has 0 aliphatic carbocycles. The average Bonchev–Trinajstić information content (AvgIpc) is 2.75. The SMILES string of the molecule is Cc1nn(-c2ccccc2Cl)c(C)c1C1CCCNC1. The maximum Gasteiger partial charge on any atom is 0.0835 e. The summed E-state index contributed by atoms with van der Waals surface area (Å²) < 4.78 is 1.99. The summed E-state index contributed by atoms with van der Waals surface area (Å²) >= 11 is 6.30. The molecule has 1 saturated heterocycles. The summed E-state index contributed by atoms with van der Waals surface area (Å²) in [6, 6.07) is 7.88. The van der Waals surface area contributed by atoms with Crippen molar-refractivity contribution < 1.29 is 0 Å². The number of nitrogens with zero attached hydrogens (tertiary/aromatic N) is 2. The molecule has 0 bridgehead atoms. The van der Waals surface area contributed by atoms with Crippen LogP contribution in [0, 0.1) is 13.8 Å². The van der Waals surface area contributed by atoms with Gasteiger partial charge in [-0.15, -0.1) is 0 Å². The monoisotopic (exact) mass is 289 g/mol. The van der Waals surface area contributed by atoms with E-state index < -0.39 is 0 Å². The van der Waals surface area contributed by atoms with Crippen LogP contribution in [0.25, 0.3) is 5.69 Å². The van der Waals surface area contributed by atoms with Gasteiger partial charge >= 0.3 is 0 Å². The van der Waals surface area contributed by atoms with Crippen molar-refractivity contribution in [3.63, 3.8) is 0 Å². The van der Waals surface area contributed by atoms with E-state index in [1.54, 1.807) is 0 Å². The van der Waals surface area contributed by atoms with Crippen molar-refractivity contribution in [2.24, 2.45) is 0 Å². The Bertz CT molecular complexity index is 612. The minimum absolute atomic E-state index is 0.569. The lowest BCUT2D eigenvalue weighted by atomic mass is 9.90. The number of aromatic nitrogens is 2. The first-order valence-electron chi connectivity index (χ1n) is 7.20. The van der Waals surface area contributed by atoms with E-state index in [-0.39, 0.29) is 0 Å². The number of halogens is 1. The van der Waals surface area contributed by atoms with Crippen LogP contribution in [0.15, 0.2) is 24.3 Å². The van der Waals surface area contributed by atoms with Crippen LogP contribution >= 0.6 is 11.6 Å². The standard InChI is InChI=1S/C16H20ClN3/c1-11-16(13-6-5-9-18-10-13)12(2)20(19-11)15-8-4-3-7-14(15)17/h3-4,7-8,13,18H,5-6,9-10H2,1-2H3. The van der Waals surface area contributed by atoms with E-state index in [1.807, 2.05) is 28.9 Å². The molecule has 1 aromatic heterocycles. The molecule has 1 N–H and O–H groups in total. The van der Waals surface area contributed by atoms with Crippen LogP contribution < -0.4 is 5.32 Å². The summed E-state index contributed by atoms with van der Waals surface area (Å²) in [7, 11) is 0. The second-order valence-electron chi connectivity index (χ2n) is 5.49. The molecule has 0 amide bonds. The van der Waals surface area contributed by atoms with Gasteiger partial charge in [-0.3, -0.25) is 0 Å². The van der Waals surface area contributed by atoms with Crippen molar-refractivity contribution in [2.75, 3.05) is 13.1 Å². The zero-order valence-electron chi connectivity index (χ0n) is 12.0. The highest BCUT2D eigenvalue weighted by Crippen LogP contribution is 2.31. The molecule has 1 unspecified atom stereocenters. The van der Waals surface area contributed by atoms with Gasteiger partial charge in [0.1, 0.15) is 0 Å². The Balaban J connectivity index is 2.04. The van der Waals surface area contributed by atoms with Gasteiger partial charge in [-0.1, -0.05) is 23.7 Å². The molecule has 0 saturated carbocycles. The van der Waals surface area contributed by atoms with Crippen LogP contribution in [0.3, 0.4) is 0 Å². The number of rotatable bonds is 2. The van der Waals surface area contributed by atoms with E-state index in [0.29, 0.717) is 5.92 Å². The lowest BCUT2D eigenvalue weighted by Crippen LogP contribution is -2.28. The summed E-state index contributed by atoms with van der Waals surface area (Å²) in [6.45, 7) is 6.43. The number of nitrogens with one attached hydrogen (secondary N) is 1. The Labute approximate surface area is 124 Å². The van der Waals surface area contributed by atoms with Crippen molar-refractivity contribution in [2.45, 2.75) is 32.6 Å². The molecule has 0 radical (unpaired) electrons. The van der Waals surface area contributed by atoms with Gasteiger partial charge < -0.3 is 5.32 Å². The first-order chi connectivity index (χ1) is 9.68. The third kappa shape index (κ3) is 2.36. The largest absolute Gasteiger partial charge is 0.316 e. The lowest BCUT2D eigenvalue weighted by Gasteiger charge is -2.23. The highest BCUT2D eigenvalue weighted by Gasteiger charge is 2.23. The van der Waals surface area contributed by atoms with Crippen molar-refractivity contribution >= 4 is 11.6 Å². The van der Waals surface area contributed by atoms with Gasteiger partial charge in [0.15, 0.2) is 0 Å². The maximum absolute atomic E-state index is 6.30. The third-order valence-electron chi connectivity index (χ3n) is 4.13.